The maximum absolute atomic E-state index is 13.0. The van der Waals surface area contributed by atoms with Gasteiger partial charge < -0.3 is 14.8 Å². The summed E-state index contributed by atoms with van der Waals surface area (Å²) in [5.41, 5.74) is 1.11. The van der Waals surface area contributed by atoms with Gasteiger partial charge in [0.05, 0.1) is 10.6 Å². The highest BCUT2D eigenvalue weighted by molar-refractivity contribution is 6.33. The number of hydrogen-bond acceptors (Lipinski definition) is 3. The van der Waals surface area contributed by atoms with Gasteiger partial charge in [-0.3, -0.25) is 4.79 Å². The molecule has 0 bridgehead atoms. The molecule has 1 N–H and O–H groups in total. The Kier molecular flexibility index (Phi) is 4.15. The number of rotatable bonds is 3. The maximum Gasteiger partial charge on any atom is 0.253 e. The van der Waals surface area contributed by atoms with Gasteiger partial charge in [-0.25, -0.2) is 4.39 Å². The Morgan fingerprint density at radius 3 is 2.68 bits per heavy atom. The van der Waals surface area contributed by atoms with Gasteiger partial charge in [-0.1, -0.05) is 17.7 Å². The fourth-order valence-corrected chi connectivity index (χ4v) is 2.40. The zero-order chi connectivity index (χ0) is 15.5. The van der Waals surface area contributed by atoms with Crippen molar-refractivity contribution in [2.75, 3.05) is 13.2 Å². The van der Waals surface area contributed by atoms with E-state index in [0.717, 1.165) is 11.6 Å². The Balaban J connectivity index is 1.68. The summed E-state index contributed by atoms with van der Waals surface area (Å²) in [5.74, 6) is 0.522. The molecule has 1 aliphatic heterocycles. The Bertz CT molecular complexity index is 721. The van der Waals surface area contributed by atoms with Crippen LogP contribution in [0.3, 0.4) is 0 Å². The van der Waals surface area contributed by atoms with Crippen molar-refractivity contribution in [1.82, 2.24) is 5.32 Å². The largest absolute Gasteiger partial charge is 0.486 e. The summed E-state index contributed by atoms with van der Waals surface area (Å²) in [6, 6.07) is 9.14. The molecule has 0 saturated carbocycles. The van der Waals surface area contributed by atoms with Crippen LogP contribution in [-0.2, 0) is 6.54 Å². The second kappa shape index (κ2) is 6.23. The number of ether oxygens (including phenoxy) is 2. The van der Waals surface area contributed by atoms with Gasteiger partial charge in [0.25, 0.3) is 5.91 Å². The zero-order valence-electron chi connectivity index (χ0n) is 11.6. The van der Waals surface area contributed by atoms with Gasteiger partial charge in [-0.15, -0.1) is 0 Å². The molecule has 0 aliphatic carbocycles. The number of nitrogens with one attached hydrogen (secondary N) is 1. The summed E-state index contributed by atoms with van der Waals surface area (Å²) in [7, 11) is 0. The molecule has 0 spiro atoms. The number of fused-ring (bicyclic) bond motifs is 1. The standard InChI is InChI=1S/C16H13ClFNO3/c17-13-8-11(18)2-3-12(13)16(20)19-9-10-1-4-14-15(7-10)22-6-5-21-14/h1-4,7-8H,5-6,9H2,(H,19,20). The Labute approximate surface area is 131 Å². The van der Waals surface area contributed by atoms with Crippen LogP contribution in [0.15, 0.2) is 36.4 Å². The van der Waals surface area contributed by atoms with Crippen molar-refractivity contribution in [3.05, 3.63) is 58.4 Å². The summed E-state index contributed by atoms with van der Waals surface area (Å²) in [4.78, 5) is 12.1. The molecule has 4 nitrogen and oxygen atoms in total. The molecule has 0 radical (unpaired) electrons. The van der Waals surface area contributed by atoms with Gasteiger partial charge in [0.1, 0.15) is 19.0 Å². The minimum absolute atomic E-state index is 0.0830. The van der Waals surface area contributed by atoms with E-state index in [9.17, 15) is 9.18 Å². The number of amides is 1. The van der Waals surface area contributed by atoms with Crippen molar-refractivity contribution in [2.45, 2.75) is 6.54 Å². The number of hydrogen-bond donors (Lipinski definition) is 1. The van der Waals surface area contributed by atoms with Gasteiger partial charge in [0.2, 0.25) is 0 Å². The maximum atomic E-state index is 13.0. The van der Waals surface area contributed by atoms with Crippen LogP contribution >= 0.6 is 11.6 Å². The molecule has 22 heavy (non-hydrogen) atoms. The quantitative estimate of drug-likeness (QED) is 0.944. The highest BCUT2D eigenvalue weighted by Gasteiger charge is 2.13. The Hall–Kier alpha value is -2.27. The first kappa shape index (κ1) is 14.7. The molecule has 6 heteroatoms. The van der Waals surface area contributed by atoms with Crippen molar-refractivity contribution in [3.8, 4) is 11.5 Å². The number of benzene rings is 2. The van der Waals surface area contributed by atoms with Crippen LogP contribution in [0.25, 0.3) is 0 Å². The third-order valence-electron chi connectivity index (χ3n) is 3.24. The topological polar surface area (TPSA) is 47.6 Å². The van der Waals surface area contributed by atoms with Crippen molar-refractivity contribution < 1.29 is 18.7 Å². The van der Waals surface area contributed by atoms with Gasteiger partial charge >= 0.3 is 0 Å². The third kappa shape index (κ3) is 3.14. The second-order valence-electron chi connectivity index (χ2n) is 4.78. The van der Waals surface area contributed by atoms with Crippen LogP contribution in [-0.4, -0.2) is 19.1 Å². The van der Waals surface area contributed by atoms with Crippen LogP contribution in [0, 0.1) is 5.82 Å². The molecule has 2 aromatic rings. The number of carbonyl (C=O) groups is 1. The second-order valence-corrected chi connectivity index (χ2v) is 5.19. The highest BCUT2D eigenvalue weighted by atomic mass is 35.5. The minimum Gasteiger partial charge on any atom is -0.486 e. The normalized spacial score (nSPS) is 12.8. The van der Waals surface area contributed by atoms with Crippen molar-refractivity contribution >= 4 is 17.5 Å². The molecule has 0 fully saturated rings. The zero-order valence-corrected chi connectivity index (χ0v) is 12.3. The predicted molar refractivity (Wildman–Crippen MR) is 80.0 cm³/mol. The van der Waals surface area contributed by atoms with E-state index in [0.29, 0.717) is 31.3 Å². The van der Waals surface area contributed by atoms with Gasteiger partial charge in [-0.2, -0.15) is 0 Å². The van der Waals surface area contributed by atoms with E-state index in [1.54, 1.807) is 6.07 Å². The smallest absolute Gasteiger partial charge is 0.253 e. The van der Waals surface area contributed by atoms with Crippen LogP contribution < -0.4 is 14.8 Å². The fourth-order valence-electron chi connectivity index (χ4n) is 2.15. The summed E-state index contributed by atoms with van der Waals surface area (Å²) in [6.45, 7) is 1.35. The van der Waals surface area contributed by atoms with E-state index in [1.165, 1.54) is 12.1 Å². The lowest BCUT2D eigenvalue weighted by Gasteiger charge is -2.19. The van der Waals surface area contributed by atoms with Crippen molar-refractivity contribution in [2.24, 2.45) is 0 Å². The Morgan fingerprint density at radius 2 is 1.91 bits per heavy atom. The lowest BCUT2D eigenvalue weighted by atomic mass is 10.1. The molecular weight excluding hydrogens is 309 g/mol. The van der Waals surface area contributed by atoms with E-state index < -0.39 is 5.82 Å². The molecule has 1 heterocycles. The van der Waals surface area contributed by atoms with Gasteiger partial charge in [-0.05, 0) is 35.9 Å². The summed E-state index contributed by atoms with van der Waals surface area (Å²) >= 11 is 5.86. The average Bonchev–Trinajstić information content (AvgIpc) is 2.52. The SMILES string of the molecule is O=C(NCc1ccc2c(c1)OCCO2)c1ccc(F)cc1Cl. The van der Waals surface area contributed by atoms with Crippen LogP contribution in [0.2, 0.25) is 5.02 Å². The van der Waals surface area contributed by atoms with Crippen LogP contribution in [0.1, 0.15) is 15.9 Å². The molecule has 1 amide bonds. The first-order valence-electron chi connectivity index (χ1n) is 6.75. The molecule has 0 unspecified atom stereocenters. The first-order valence-corrected chi connectivity index (χ1v) is 7.13. The molecule has 3 rings (SSSR count). The lowest BCUT2D eigenvalue weighted by molar-refractivity contribution is 0.0951. The van der Waals surface area contributed by atoms with Crippen molar-refractivity contribution in [1.29, 1.82) is 0 Å². The monoisotopic (exact) mass is 321 g/mol. The van der Waals surface area contributed by atoms with E-state index in [-0.39, 0.29) is 16.5 Å². The first-order chi connectivity index (χ1) is 10.6. The Morgan fingerprint density at radius 1 is 1.14 bits per heavy atom. The molecule has 114 valence electrons. The number of halogens is 2. The number of carbonyl (C=O) groups excluding carboxylic acids is 1. The van der Waals surface area contributed by atoms with E-state index in [4.69, 9.17) is 21.1 Å². The summed E-state index contributed by atoms with van der Waals surface area (Å²) in [5, 5.41) is 2.82. The van der Waals surface area contributed by atoms with Gasteiger partial charge in [0, 0.05) is 6.54 Å². The van der Waals surface area contributed by atoms with Crippen molar-refractivity contribution in [3.63, 3.8) is 0 Å². The van der Waals surface area contributed by atoms with E-state index >= 15 is 0 Å². The molecule has 2 aromatic carbocycles. The van der Waals surface area contributed by atoms with E-state index in [1.807, 2.05) is 12.1 Å². The van der Waals surface area contributed by atoms with E-state index in [2.05, 4.69) is 5.32 Å². The van der Waals surface area contributed by atoms with Gasteiger partial charge in [0.15, 0.2) is 11.5 Å². The minimum atomic E-state index is -0.478. The molecule has 1 aliphatic rings. The predicted octanol–water partition coefficient (Wildman–Crippen LogP) is 3.18. The van der Waals surface area contributed by atoms with Crippen LogP contribution in [0.5, 0.6) is 11.5 Å². The highest BCUT2D eigenvalue weighted by Crippen LogP contribution is 2.30. The summed E-state index contributed by atoms with van der Waals surface area (Å²) in [6.07, 6.45) is 0. The average molecular weight is 322 g/mol. The van der Waals surface area contributed by atoms with Crippen LogP contribution in [0.4, 0.5) is 4.39 Å². The summed E-state index contributed by atoms with van der Waals surface area (Å²) < 4.78 is 23.9. The molecule has 0 aromatic heterocycles. The molecule has 0 saturated heterocycles. The lowest BCUT2D eigenvalue weighted by Crippen LogP contribution is -2.23. The fraction of sp³-hybridized carbons (Fsp3) is 0.188. The third-order valence-corrected chi connectivity index (χ3v) is 3.55. The molecular formula is C16H13ClFNO3. The molecule has 0 atom stereocenters.